The standard InChI is InChI=1S/C25H21F3N4O/c1-15-29-20-11-10-17(14-22(20)30-15)24(33)32-12-4-9-23(32)21-8-3-7-19(31-21)16-5-2-6-18(13-16)25(26,27)28/h2-3,5-8,10-11,13-14,23H,4,9,12H2,1H3,(H,29,30). The molecule has 1 N–H and O–H groups in total. The first-order valence-corrected chi connectivity index (χ1v) is 10.7. The number of hydrogen-bond acceptors (Lipinski definition) is 3. The predicted molar refractivity (Wildman–Crippen MR) is 119 cm³/mol. The number of pyridine rings is 1. The summed E-state index contributed by atoms with van der Waals surface area (Å²) < 4.78 is 39.4. The maximum atomic E-state index is 13.3. The molecule has 5 rings (SSSR count). The number of aryl methyl sites for hydroxylation is 1. The highest BCUT2D eigenvalue weighted by Gasteiger charge is 2.33. The second-order valence-electron chi connectivity index (χ2n) is 8.24. The van der Waals surface area contributed by atoms with Crippen LogP contribution >= 0.6 is 0 Å². The van der Waals surface area contributed by atoms with E-state index in [2.05, 4.69) is 15.0 Å². The van der Waals surface area contributed by atoms with Gasteiger partial charge in [-0.25, -0.2) is 4.98 Å². The van der Waals surface area contributed by atoms with Gasteiger partial charge in [0.15, 0.2) is 0 Å². The Kier molecular flexibility index (Phi) is 5.15. The molecule has 0 aliphatic carbocycles. The molecular formula is C25H21F3N4O. The zero-order valence-electron chi connectivity index (χ0n) is 17.9. The summed E-state index contributed by atoms with van der Waals surface area (Å²) in [4.78, 5) is 27.3. The monoisotopic (exact) mass is 450 g/mol. The van der Waals surface area contributed by atoms with Gasteiger partial charge in [-0.3, -0.25) is 9.78 Å². The molecule has 5 nitrogen and oxygen atoms in total. The molecule has 8 heteroatoms. The molecule has 1 aliphatic rings. The number of carbonyl (C=O) groups is 1. The number of aromatic nitrogens is 3. The molecule has 0 spiro atoms. The number of aromatic amines is 1. The summed E-state index contributed by atoms with van der Waals surface area (Å²) in [6.07, 6.45) is -2.84. The summed E-state index contributed by atoms with van der Waals surface area (Å²) >= 11 is 0. The maximum absolute atomic E-state index is 13.3. The Morgan fingerprint density at radius 2 is 1.88 bits per heavy atom. The summed E-state index contributed by atoms with van der Waals surface area (Å²) in [7, 11) is 0. The predicted octanol–water partition coefficient (Wildman–Crippen LogP) is 5.93. The lowest BCUT2D eigenvalue weighted by Crippen LogP contribution is -2.31. The van der Waals surface area contributed by atoms with Gasteiger partial charge in [-0.05, 0) is 62.2 Å². The van der Waals surface area contributed by atoms with Crippen LogP contribution in [0.2, 0.25) is 0 Å². The van der Waals surface area contributed by atoms with Gasteiger partial charge < -0.3 is 9.88 Å². The normalized spacial score (nSPS) is 16.5. The topological polar surface area (TPSA) is 61.9 Å². The number of nitrogens with one attached hydrogen (secondary N) is 1. The number of fused-ring (bicyclic) bond motifs is 1. The molecule has 1 unspecified atom stereocenters. The van der Waals surface area contributed by atoms with Crippen molar-refractivity contribution in [3.8, 4) is 11.3 Å². The molecule has 3 heterocycles. The number of carbonyl (C=O) groups excluding carboxylic acids is 1. The Morgan fingerprint density at radius 1 is 1.06 bits per heavy atom. The number of likely N-dealkylation sites (tertiary alicyclic amines) is 1. The average Bonchev–Trinajstić information content (AvgIpc) is 3.43. The van der Waals surface area contributed by atoms with Crippen LogP contribution in [0.1, 0.15) is 46.3 Å². The van der Waals surface area contributed by atoms with Crippen LogP contribution < -0.4 is 0 Å². The SMILES string of the molecule is Cc1nc2ccc(C(=O)N3CCCC3c3cccc(-c4cccc(C(F)(F)F)c4)n3)cc2[nH]1. The van der Waals surface area contributed by atoms with Gasteiger partial charge in [0, 0.05) is 17.7 Å². The number of imidazole rings is 1. The lowest BCUT2D eigenvalue weighted by Gasteiger charge is -2.25. The van der Waals surface area contributed by atoms with E-state index in [9.17, 15) is 18.0 Å². The highest BCUT2D eigenvalue weighted by Crippen LogP contribution is 2.35. The van der Waals surface area contributed by atoms with Crippen molar-refractivity contribution in [1.82, 2.24) is 19.9 Å². The van der Waals surface area contributed by atoms with Crippen LogP contribution in [-0.2, 0) is 6.18 Å². The molecule has 2 aromatic heterocycles. The Morgan fingerprint density at radius 3 is 2.70 bits per heavy atom. The van der Waals surface area contributed by atoms with Gasteiger partial charge in [0.1, 0.15) is 5.82 Å². The fourth-order valence-corrected chi connectivity index (χ4v) is 4.41. The highest BCUT2D eigenvalue weighted by molar-refractivity contribution is 5.97. The minimum atomic E-state index is -4.42. The van der Waals surface area contributed by atoms with Crippen molar-refractivity contribution in [2.24, 2.45) is 0 Å². The molecule has 0 radical (unpaired) electrons. The molecule has 33 heavy (non-hydrogen) atoms. The van der Waals surface area contributed by atoms with Crippen molar-refractivity contribution in [2.45, 2.75) is 32.0 Å². The molecular weight excluding hydrogens is 429 g/mol. The first-order valence-electron chi connectivity index (χ1n) is 10.7. The molecule has 1 fully saturated rings. The third-order valence-corrected chi connectivity index (χ3v) is 5.96. The number of rotatable bonds is 3. The van der Waals surface area contributed by atoms with E-state index in [0.717, 1.165) is 41.8 Å². The smallest absolute Gasteiger partial charge is 0.342 e. The second kappa shape index (κ2) is 8.03. The Labute approximate surface area is 188 Å². The van der Waals surface area contributed by atoms with Crippen LogP contribution in [0.5, 0.6) is 0 Å². The van der Waals surface area contributed by atoms with Crippen molar-refractivity contribution in [2.75, 3.05) is 6.54 Å². The summed E-state index contributed by atoms with van der Waals surface area (Å²) in [5, 5.41) is 0. The minimum absolute atomic E-state index is 0.0991. The van der Waals surface area contributed by atoms with Crippen LogP contribution in [0.15, 0.2) is 60.7 Å². The lowest BCUT2D eigenvalue weighted by molar-refractivity contribution is -0.137. The van der Waals surface area contributed by atoms with Gasteiger partial charge in [0.05, 0.1) is 34.0 Å². The van der Waals surface area contributed by atoms with Crippen LogP contribution in [0.4, 0.5) is 13.2 Å². The molecule has 1 atom stereocenters. The van der Waals surface area contributed by atoms with E-state index in [1.807, 2.05) is 19.1 Å². The van der Waals surface area contributed by atoms with Gasteiger partial charge in [-0.2, -0.15) is 13.2 Å². The van der Waals surface area contributed by atoms with E-state index in [1.54, 1.807) is 35.2 Å². The first-order chi connectivity index (χ1) is 15.8. The van der Waals surface area contributed by atoms with Crippen LogP contribution in [0.25, 0.3) is 22.3 Å². The fourth-order valence-electron chi connectivity index (χ4n) is 4.41. The second-order valence-corrected chi connectivity index (χ2v) is 8.24. The Balaban J connectivity index is 1.45. The van der Waals surface area contributed by atoms with E-state index in [-0.39, 0.29) is 11.9 Å². The summed E-state index contributed by atoms with van der Waals surface area (Å²) in [6, 6.07) is 15.6. The third kappa shape index (κ3) is 4.08. The number of alkyl halides is 3. The molecule has 2 aromatic carbocycles. The van der Waals surface area contributed by atoms with Crippen molar-refractivity contribution >= 4 is 16.9 Å². The summed E-state index contributed by atoms with van der Waals surface area (Å²) in [5.41, 5.74) is 2.97. The average molecular weight is 450 g/mol. The molecule has 1 aliphatic heterocycles. The molecule has 1 amide bonds. The van der Waals surface area contributed by atoms with E-state index < -0.39 is 11.7 Å². The van der Waals surface area contributed by atoms with E-state index in [1.165, 1.54) is 6.07 Å². The number of benzene rings is 2. The summed E-state index contributed by atoms with van der Waals surface area (Å²) in [5.74, 6) is 0.683. The van der Waals surface area contributed by atoms with Crippen molar-refractivity contribution in [1.29, 1.82) is 0 Å². The minimum Gasteiger partial charge on any atom is -0.342 e. The number of amides is 1. The molecule has 168 valence electrons. The van der Waals surface area contributed by atoms with Crippen molar-refractivity contribution in [3.05, 3.63) is 83.3 Å². The highest BCUT2D eigenvalue weighted by atomic mass is 19.4. The number of halogens is 3. The zero-order valence-corrected chi connectivity index (χ0v) is 17.9. The van der Waals surface area contributed by atoms with Crippen LogP contribution in [0, 0.1) is 6.92 Å². The fraction of sp³-hybridized carbons (Fsp3) is 0.240. The first kappa shape index (κ1) is 21.2. The maximum Gasteiger partial charge on any atom is 0.416 e. The van der Waals surface area contributed by atoms with Gasteiger partial charge in [0.2, 0.25) is 0 Å². The van der Waals surface area contributed by atoms with E-state index in [4.69, 9.17) is 0 Å². The molecule has 0 saturated carbocycles. The number of hydrogen-bond donors (Lipinski definition) is 1. The van der Waals surface area contributed by atoms with Gasteiger partial charge >= 0.3 is 6.18 Å². The van der Waals surface area contributed by atoms with Crippen LogP contribution in [0.3, 0.4) is 0 Å². The largest absolute Gasteiger partial charge is 0.416 e. The third-order valence-electron chi connectivity index (χ3n) is 5.96. The van der Waals surface area contributed by atoms with Gasteiger partial charge in [0.25, 0.3) is 5.91 Å². The number of nitrogens with zero attached hydrogens (tertiary/aromatic N) is 3. The van der Waals surface area contributed by atoms with E-state index >= 15 is 0 Å². The zero-order chi connectivity index (χ0) is 23.2. The van der Waals surface area contributed by atoms with Crippen molar-refractivity contribution in [3.63, 3.8) is 0 Å². The Bertz CT molecular complexity index is 1340. The van der Waals surface area contributed by atoms with Crippen molar-refractivity contribution < 1.29 is 18.0 Å². The lowest BCUT2D eigenvalue weighted by atomic mass is 10.0. The summed E-state index contributed by atoms with van der Waals surface area (Å²) in [6.45, 7) is 2.46. The van der Waals surface area contributed by atoms with E-state index in [0.29, 0.717) is 29.1 Å². The molecule has 0 bridgehead atoms. The van der Waals surface area contributed by atoms with Crippen LogP contribution in [-0.4, -0.2) is 32.3 Å². The Hall–Kier alpha value is -3.68. The number of H-pyrrole nitrogens is 1. The van der Waals surface area contributed by atoms with Gasteiger partial charge in [-0.1, -0.05) is 18.2 Å². The molecule has 1 saturated heterocycles. The molecule has 4 aromatic rings. The van der Waals surface area contributed by atoms with Gasteiger partial charge in [-0.15, -0.1) is 0 Å². The quantitative estimate of drug-likeness (QED) is 0.421.